The zero-order valence-corrected chi connectivity index (χ0v) is 13.1. The molecule has 23 heavy (non-hydrogen) atoms. The Morgan fingerprint density at radius 1 is 1.13 bits per heavy atom. The minimum atomic E-state index is -0.111. The molecule has 5 heteroatoms. The number of hydrogen-bond donors (Lipinski definition) is 1. The Labute approximate surface area is 134 Å². The minimum Gasteiger partial charge on any atom is -0.493 e. The predicted molar refractivity (Wildman–Crippen MR) is 90.5 cm³/mol. The van der Waals surface area contributed by atoms with Gasteiger partial charge in [-0.15, -0.1) is 4.91 Å². The van der Waals surface area contributed by atoms with E-state index in [0.717, 1.165) is 22.4 Å². The third-order valence-corrected chi connectivity index (χ3v) is 4.11. The summed E-state index contributed by atoms with van der Waals surface area (Å²) in [5, 5.41) is 14.0. The second-order valence-electron chi connectivity index (χ2n) is 5.48. The summed E-state index contributed by atoms with van der Waals surface area (Å²) in [6, 6.07) is 13.2. The van der Waals surface area contributed by atoms with Gasteiger partial charge in [0.25, 0.3) is 0 Å². The Morgan fingerprint density at radius 3 is 2.57 bits per heavy atom. The summed E-state index contributed by atoms with van der Waals surface area (Å²) in [5.41, 5.74) is 3.03. The molecule has 3 aromatic rings. The van der Waals surface area contributed by atoms with Crippen molar-refractivity contribution in [2.75, 3.05) is 6.61 Å². The van der Waals surface area contributed by atoms with E-state index >= 15 is 0 Å². The number of nitrogens with zero attached hydrogens (tertiary/aromatic N) is 2. The minimum absolute atomic E-state index is 0.0859. The first-order valence-corrected chi connectivity index (χ1v) is 7.46. The van der Waals surface area contributed by atoms with Crippen LogP contribution in [0.4, 0.5) is 5.69 Å². The molecular weight excluding hydrogens is 292 g/mol. The van der Waals surface area contributed by atoms with E-state index in [4.69, 9.17) is 4.74 Å². The first kappa shape index (κ1) is 15.1. The van der Waals surface area contributed by atoms with Crippen LogP contribution in [0.5, 0.6) is 11.6 Å². The van der Waals surface area contributed by atoms with Gasteiger partial charge in [-0.3, -0.25) is 0 Å². The molecule has 1 heterocycles. The summed E-state index contributed by atoms with van der Waals surface area (Å²) in [7, 11) is 0. The Balaban J connectivity index is 1.95. The fourth-order valence-electron chi connectivity index (χ4n) is 2.77. The highest BCUT2D eigenvalue weighted by atomic mass is 16.5. The lowest BCUT2D eigenvalue weighted by Crippen LogP contribution is -2.08. The van der Waals surface area contributed by atoms with E-state index in [9.17, 15) is 10.0 Å². The summed E-state index contributed by atoms with van der Waals surface area (Å²) in [6.07, 6.45) is 0. The third-order valence-electron chi connectivity index (χ3n) is 4.11. The van der Waals surface area contributed by atoms with E-state index in [2.05, 4.69) is 5.18 Å². The van der Waals surface area contributed by atoms with Crippen LogP contribution < -0.4 is 4.74 Å². The summed E-state index contributed by atoms with van der Waals surface area (Å²) in [6.45, 7) is 4.78. The van der Waals surface area contributed by atoms with Gasteiger partial charge in [0.2, 0.25) is 5.88 Å². The average molecular weight is 310 g/mol. The van der Waals surface area contributed by atoms with Gasteiger partial charge in [0.05, 0.1) is 12.1 Å². The van der Waals surface area contributed by atoms with Gasteiger partial charge in [0.1, 0.15) is 12.4 Å². The second-order valence-corrected chi connectivity index (χ2v) is 5.48. The molecule has 0 aliphatic rings. The lowest BCUT2D eigenvalue weighted by molar-refractivity contribution is 0.290. The number of aromatic nitrogens is 1. The normalized spacial score (nSPS) is 10.9. The van der Waals surface area contributed by atoms with Crippen LogP contribution in [0.3, 0.4) is 0 Å². The Bertz CT molecular complexity index is 854. The maximum atomic E-state index is 11.1. The van der Waals surface area contributed by atoms with Crippen LogP contribution in [-0.2, 0) is 6.54 Å². The van der Waals surface area contributed by atoms with Crippen molar-refractivity contribution in [3.63, 3.8) is 0 Å². The highest BCUT2D eigenvalue weighted by molar-refractivity contribution is 5.97. The SMILES string of the molecule is Cc1ccc2c(N=O)c(O)n(CCOc3ccccc3)c2c1C. The molecule has 0 amide bonds. The highest BCUT2D eigenvalue weighted by Gasteiger charge is 2.19. The van der Waals surface area contributed by atoms with Crippen molar-refractivity contribution >= 4 is 16.6 Å². The van der Waals surface area contributed by atoms with E-state index in [0.29, 0.717) is 18.5 Å². The van der Waals surface area contributed by atoms with Crippen molar-refractivity contribution in [2.45, 2.75) is 20.4 Å². The monoisotopic (exact) mass is 310 g/mol. The molecule has 0 atom stereocenters. The molecule has 3 rings (SSSR count). The second kappa shape index (κ2) is 6.12. The third kappa shape index (κ3) is 2.65. The molecule has 1 aromatic heterocycles. The number of para-hydroxylation sites is 1. The van der Waals surface area contributed by atoms with Crippen LogP contribution in [0.1, 0.15) is 11.1 Å². The van der Waals surface area contributed by atoms with Gasteiger partial charge in [-0.1, -0.05) is 30.3 Å². The number of hydrogen-bond acceptors (Lipinski definition) is 4. The summed E-state index contributed by atoms with van der Waals surface area (Å²) in [5.74, 6) is 0.658. The molecule has 0 radical (unpaired) electrons. The van der Waals surface area contributed by atoms with E-state index in [1.165, 1.54) is 0 Å². The predicted octanol–water partition coefficient (Wildman–Crippen LogP) is 4.44. The van der Waals surface area contributed by atoms with Gasteiger partial charge in [0.15, 0.2) is 5.69 Å². The number of nitroso groups, excluding NO2 is 1. The van der Waals surface area contributed by atoms with Crippen LogP contribution in [0.15, 0.2) is 47.6 Å². The molecule has 0 spiro atoms. The zero-order chi connectivity index (χ0) is 16.4. The van der Waals surface area contributed by atoms with Crippen LogP contribution >= 0.6 is 0 Å². The number of ether oxygens (including phenoxy) is 1. The number of benzene rings is 2. The van der Waals surface area contributed by atoms with Crippen LogP contribution in [-0.4, -0.2) is 16.3 Å². The van der Waals surface area contributed by atoms with Crippen molar-refractivity contribution in [1.29, 1.82) is 0 Å². The topological polar surface area (TPSA) is 63.8 Å². The van der Waals surface area contributed by atoms with Gasteiger partial charge in [-0.05, 0) is 42.3 Å². The molecule has 118 valence electrons. The molecule has 0 saturated heterocycles. The molecule has 0 bridgehead atoms. The Hall–Kier alpha value is -2.82. The van der Waals surface area contributed by atoms with Crippen LogP contribution in [0, 0.1) is 18.8 Å². The van der Waals surface area contributed by atoms with E-state index in [-0.39, 0.29) is 11.6 Å². The number of fused-ring (bicyclic) bond motifs is 1. The first-order chi connectivity index (χ1) is 11.1. The van der Waals surface area contributed by atoms with Crippen molar-refractivity contribution in [3.8, 4) is 11.6 Å². The smallest absolute Gasteiger partial charge is 0.222 e. The number of aryl methyl sites for hydroxylation is 2. The molecule has 1 N–H and O–H groups in total. The molecule has 0 unspecified atom stereocenters. The largest absolute Gasteiger partial charge is 0.493 e. The highest BCUT2D eigenvalue weighted by Crippen LogP contribution is 2.40. The zero-order valence-electron chi connectivity index (χ0n) is 13.1. The molecule has 0 saturated carbocycles. The maximum Gasteiger partial charge on any atom is 0.222 e. The Kier molecular flexibility index (Phi) is 4.02. The molecule has 0 fully saturated rings. The lowest BCUT2D eigenvalue weighted by Gasteiger charge is -2.11. The van der Waals surface area contributed by atoms with Gasteiger partial charge < -0.3 is 14.4 Å². The van der Waals surface area contributed by atoms with E-state index in [1.807, 2.05) is 56.3 Å². The molecule has 0 aliphatic carbocycles. The van der Waals surface area contributed by atoms with E-state index < -0.39 is 0 Å². The van der Waals surface area contributed by atoms with Crippen molar-refractivity contribution in [2.24, 2.45) is 5.18 Å². The number of aromatic hydroxyl groups is 1. The van der Waals surface area contributed by atoms with Crippen molar-refractivity contribution in [1.82, 2.24) is 4.57 Å². The lowest BCUT2D eigenvalue weighted by atomic mass is 10.1. The molecule has 5 nitrogen and oxygen atoms in total. The fraction of sp³-hybridized carbons (Fsp3) is 0.222. The summed E-state index contributed by atoms with van der Waals surface area (Å²) in [4.78, 5) is 11.1. The van der Waals surface area contributed by atoms with Gasteiger partial charge in [-0.25, -0.2) is 0 Å². The summed E-state index contributed by atoms with van der Waals surface area (Å²) >= 11 is 0. The number of rotatable bonds is 5. The average Bonchev–Trinajstić information content (AvgIpc) is 2.84. The van der Waals surface area contributed by atoms with Crippen molar-refractivity contribution in [3.05, 3.63) is 58.5 Å². The van der Waals surface area contributed by atoms with E-state index in [1.54, 1.807) is 4.57 Å². The molecular formula is C18H18N2O3. The van der Waals surface area contributed by atoms with Crippen molar-refractivity contribution < 1.29 is 9.84 Å². The summed E-state index contributed by atoms with van der Waals surface area (Å²) < 4.78 is 7.38. The Morgan fingerprint density at radius 2 is 1.87 bits per heavy atom. The standard InChI is InChI=1S/C18H18N2O3/c1-12-8-9-15-16(19-22)18(21)20(17(15)13(12)2)10-11-23-14-6-4-3-5-7-14/h3-9,21H,10-11H2,1-2H3. The molecule has 2 aromatic carbocycles. The maximum absolute atomic E-state index is 11.1. The van der Waals surface area contributed by atoms with Gasteiger partial charge >= 0.3 is 0 Å². The first-order valence-electron chi connectivity index (χ1n) is 7.46. The quantitative estimate of drug-likeness (QED) is 0.708. The van der Waals surface area contributed by atoms with Gasteiger partial charge in [-0.2, -0.15) is 0 Å². The molecule has 0 aliphatic heterocycles. The van der Waals surface area contributed by atoms with Crippen LogP contribution in [0.25, 0.3) is 10.9 Å². The van der Waals surface area contributed by atoms with Crippen LogP contribution in [0.2, 0.25) is 0 Å². The fourth-order valence-corrected chi connectivity index (χ4v) is 2.77. The van der Waals surface area contributed by atoms with Gasteiger partial charge in [0, 0.05) is 5.39 Å².